The maximum Gasteiger partial charge on any atom is 0.268 e. The van der Waals surface area contributed by atoms with Crippen molar-refractivity contribution in [2.45, 2.75) is 251 Å². The minimum Gasteiger partial charge on any atom is -0.756 e. The van der Waals surface area contributed by atoms with Crippen LogP contribution in [0, 0.1) is 0 Å². The summed E-state index contributed by atoms with van der Waals surface area (Å²) in [5, 5.41) is 13.9. The number of unbranched alkanes of at least 4 members (excludes halogenated alkanes) is 22. The van der Waals surface area contributed by atoms with Crippen molar-refractivity contribution in [3.63, 3.8) is 0 Å². The monoisotopic (exact) mass is 1090 g/mol. The number of quaternary nitrogens is 1. The molecule has 3 atom stereocenters. The van der Waals surface area contributed by atoms with Gasteiger partial charge in [-0.1, -0.05) is 257 Å². The number of likely N-dealkylation sites (N-methyl/N-ethyl adjacent to an activating group) is 1. The zero-order valence-corrected chi connectivity index (χ0v) is 51.0. The van der Waals surface area contributed by atoms with Crippen molar-refractivity contribution in [3.05, 3.63) is 134 Å². The number of aliphatic hydroxyl groups excluding tert-OH is 1. The number of hydrogen-bond donors (Lipinski definition) is 2. The Morgan fingerprint density at radius 3 is 1.21 bits per heavy atom. The Morgan fingerprint density at radius 2 is 0.805 bits per heavy atom. The summed E-state index contributed by atoms with van der Waals surface area (Å²) < 4.78 is 23.3. The van der Waals surface area contributed by atoms with E-state index in [1.54, 1.807) is 6.08 Å². The molecule has 3 unspecified atom stereocenters. The molecule has 8 nitrogen and oxygen atoms in total. The van der Waals surface area contributed by atoms with E-state index in [0.717, 1.165) is 96.3 Å². The molecule has 1 amide bonds. The fourth-order valence-corrected chi connectivity index (χ4v) is 8.98. The number of nitrogens with one attached hydrogen (secondary N) is 1. The molecular formula is C68H117N2O6P. The van der Waals surface area contributed by atoms with Gasteiger partial charge in [-0.05, 0) is 109 Å². The Kier molecular flexibility index (Phi) is 54.8. The van der Waals surface area contributed by atoms with Gasteiger partial charge in [0.25, 0.3) is 7.82 Å². The van der Waals surface area contributed by atoms with Crippen LogP contribution >= 0.6 is 7.82 Å². The van der Waals surface area contributed by atoms with Gasteiger partial charge in [-0.25, -0.2) is 0 Å². The predicted molar refractivity (Wildman–Crippen MR) is 334 cm³/mol. The first-order valence-corrected chi connectivity index (χ1v) is 32.5. The fourth-order valence-electron chi connectivity index (χ4n) is 8.26. The molecule has 0 spiro atoms. The Morgan fingerprint density at radius 1 is 0.468 bits per heavy atom. The highest BCUT2D eigenvalue weighted by atomic mass is 31.2. The highest BCUT2D eigenvalue weighted by Crippen LogP contribution is 2.38. The number of hydrogen-bond acceptors (Lipinski definition) is 6. The number of aliphatic hydroxyl groups is 1. The van der Waals surface area contributed by atoms with Crippen LogP contribution in [0.15, 0.2) is 134 Å². The second-order valence-corrected chi connectivity index (χ2v) is 23.1. The summed E-state index contributed by atoms with van der Waals surface area (Å²) in [4.78, 5) is 25.5. The Balaban J connectivity index is 4.17. The van der Waals surface area contributed by atoms with Crippen molar-refractivity contribution in [3.8, 4) is 0 Å². The average Bonchev–Trinajstić information content (AvgIpc) is 3.39. The molecule has 0 fully saturated rings. The van der Waals surface area contributed by atoms with Gasteiger partial charge in [-0.3, -0.25) is 9.36 Å². The molecule has 2 N–H and O–H groups in total. The molecule has 77 heavy (non-hydrogen) atoms. The molecule has 0 saturated heterocycles. The van der Waals surface area contributed by atoms with Crippen molar-refractivity contribution in [2.24, 2.45) is 0 Å². The van der Waals surface area contributed by atoms with Crippen molar-refractivity contribution in [1.82, 2.24) is 5.32 Å². The molecule has 0 aromatic carbocycles. The van der Waals surface area contributed by atoms with Gasteiger partial charge in [0.1, 0.15) is 13.2 Å². The summed E-state index contributed by atoms with van der Waals surface area (Å²) in [5.74, 6) is -0.218. The third kappa shape index (κ3) is 60.1. The van der Waals surface area contributed by atoms with Crippen LogP contribution in [0.3, 0.4) is 0 Å². The Labute approximate surface area is 475 Å². The highest BCUT2D eigenvalue weighted by Gasteiger charge is 2.23. The lowest BCUT2D eigenvalue weighted by atomic mass is 10.0. The number of amides is 1. The molecular weight excluding hydrogens is 972 g/mol. The van der Waals surface area contributed by atoms with Gasteiger partial charge >= 0.3 is 0 Å². The second-order valence-electron chi connectivity index (χ2n) is 21.7. The number of nitrogens with zero attached hydrogens (tertiary/aromatic N) is 1. The van der Waals surface area contributed by atoms with Gasteiger partial charge in [-0.2, -0.15) is 0 Å². The molecule has 0 aliphatic heterocycles. The molecule has 9 heteroatoms. The van der Waals surface area contributed by atoms with Gasteiger partial charge in [0, 0.05) is 6.42 Å². The van der Waals surface area contributed by atoms with E-state index in [2.05, 4.69) is 141 Å². The SMILES string of the molecule is CC/C=C\C/C=C\C/C=C\C/C=C\C/C=C\C/C=C\C/C=C\C/C=C\CCCCCCCCCCCCCCC(=O)NC(COP(=O)([O-])OCC[N+](C)(C)C)C(O)/C=C/CC/C=C/CC/C=C/CCCCCCCCCC. The van der Waals surface area contributed by atoms with E-state index in [9.17, 15) is 19.4 Å². The lowest BCUT2D eigenvalue weighted by molar-refractivity contribution is -0.870. The predicted octanol–water partition coefficient (Wildman–Crippen LogP) is 18.9. The molecule has 0 bridgehead atoms. The average molecular weight is 1090 g/mol. The smallest absolute Gasteiger partial charge is 0.268 e. The molecule has 0 aliphatic rings. The zero-order chi connectivity index (χ0) is 56.3. The van der Waals surface area contributed by atoms with Crippen LogP contribution in [-0.4, -0.2) is 68.5 Å². The maximum absolute atomic E-state index is 13.0. The first kappa shape index (κ1) is 73.6. The molecule has 440 valence electrons. The second kappa shape index (κ2) is 57.3. The minimum atomic E-state index is -4.62. The lowest BCUT2D eigenvalue weighted by Crippen LogP contribution is -2.45. The zero-order valence-electron chi connectivity index (χ0n) is 50.1. The third-order valence-corrected chi connectivity index (χ3v) is 14.0. The van der Waals surface area contributed by atoms with E-state index in [1.165, 1.54) is 122 Å². The van der Waals surface area contributed by atoms with E-state index < -0.39 is 26.6 Å². The summed E-state index contributed by atoms with van der Waals surface area (Å²) in [7, 11) is 1.22. The molecule has 0 rings (SSSR count). The molecule has 0 radical (unpaired) electrons. The van der Waals surface area contributed by atoms with Crippen molar-refractivity contribution in [2.75, 3.05) is 40.9 Å². The number of phosphoric acid groups is 1. The summed E-state index contributed by atoms with van der Waals surface area (Å²) in [5.41, 5.74) is 0. The van der Waals surface area contributed by atoms with Gasteiger partial charge in [0.2, 0.25) is 5.91 Å². The number of phosphoric ester groups is 1. The third-order valence-electron chi connectivity index (χ3n) is 13.1. The van der Waals surface area contributed by atoms with Crippen LogP contribution in [0.5, 0.6) is 0 Å². The van der Waals surface area contributed by atoms with Crippen LogP contribution in [0.2, 0.25) is 0 Å². The van der Waals surface area contributed by atoms with Crippen LogP contribution in [0.25, 0.3) is 0 Å². The van der Waals surface area contributed by atoms with E-state index in [-0.39, 0.29) is 12.5 Å². The van der Waals surface area contributed by atoms with Crippen LogP contribution < -0.4 is 10.2 Å². The summed E-state index contributed by atoms with van der Waals surface area (Å²) >= 11 is 0. The highest BCUT2D eigenvalue weighted by molar-refractivity contribution is 7.45. The molecule has 0 saturated carbocycles. The molecule has 0 aliphatic carbocycles. The quantitative estimate of drug-likeness (QED) is 0.0272. The number of carbonyl (C=O) groups is 1. The largest absolute Gasteiger partial charge is 0.756 e. The number of allylic oxidation sites excluding steroid dienone is 21. The molecule has 0 aromatic heterocycles. The summed E-state index contributed by atoms with van der Waals surface area (Å²) in [6, 6.07) is -0.920. The van der Waals surface area contributed by atoms with Crippen LogP contribution in [0.4, 0.5) is 0 Å². The molecule has 0 aromatic rings. The summed E-state index contributed by atoms with van der Waals surface area (Å²) in [6.07, 6.45) is 86.8. The van der Waals surface area contributed by atoms with Gasteiger partial charge in [-0.15, -0.1) is 0 Å². The van der Waals surface area contributed by atoms with Crippen molar-refractivity contribution in [1.29, 1.82) is 0 Å². The van der Waals surface area contributed by atoms with Crippen molar-refractivity contribution >= 4 is 13.7 Å². The topological polar surface area (TPSA) is 108 Å². The summed E-state index contributed by atoms with van der Waals surface area (Å²) in [6.45, 7) is 4.49. The fraction of sp³-hybridized carbons (Fsp3) is 0.662. The van der Waals surface area contributed by atoms with E-state index in [4.69, 9.17) is 9.05 Å². The van der Waals surface area contributed by atoms with Gasteiger partial charge in [0.05, 0.1) is 39.9 Å². The van der Waals surface area contributed by atoms with Crippen LogP contribution in [0.1, 0.15) is 239 Å². The standard InChI is InChI=1S/C68H117N2O6P/c1-6-8-10-12-14-16-18-20-22-24-26-27-28-29-30-31-32-33-34-35-36-37-38-39-40-41-42-43-44-46-48-50-52-54-56-58-60-62-68(72)69-66(65-76-77(73,74)75-64-63-70(3,4)5)67(71)61-59-57-55-53-51-49-47-45-25-23-21-19-17-15-13-11-9-7-2/h8,10,14,16,20,22,25-27,29-30,32-33,35-36,38-39,45,51,53,59,61,66-67,71H,6-7,9,11-13,15,17-19,21,23-24,28,31,34,37,40-44,46-50,52,54-58,60,62-65H2,1-5H3,(H-,69,72,73,74)/b10-8-,16-14-,22-20-,27-26-,30-29-,33-32-,36-35-,39-38-,45-25+,53-51+,61-59+. The van der Waals surface area contributed by atoms with Crippen molar-refractivity contribution < 1.29 is 32.9 Å². The maximum atomic E-state index is 13.0. The number of carbonyl (C=O) groups excluding carboxylic acids is 1. The Bertz CT molecular complexity index is 1710. The lowest BCUT2D eigenvalue weighted by Gasteiger charge is -2.29. The van der Waals surface area contributed by atoms with E-state index in [0.29, 0.717) is 17.4 Å². The van der Waals surface area contributed by atoms with Crippen LogP contribution in [-0.2, 0) is 18.4 Å². The van der Waals surface area contributed by atoms with E-state index in [1.807, 2.05) is 27.2 Å². The van der Waals surface area contributed by atoms with E-state index >= 15 is 0 Å². The first-order chi connectivity index (χ1) is 37.5. The Hall–Kier alpha value is -3.36. The van der Waals surface area contributed by atoms with Gasteiger partial charge in [0.15, 0.2) is 0 Å². The minimum absolute atomic E-state index is 0.0152. The van der Waals surface area contributed by atoms with Gasteiger partial charge < -0.3 is 28.8 Å². The molecule has 0 heterocycles. The number of rotatable bonds is 55. The normalized spacial score (nSPS) is 14.7. The first-order valence-electron chi connectivity index (χ1n) is 31.0.